The van der Waals surface area contributed by atoms with Crippen LogP contribution >= 0.6 is 0 Å². The molecule has 1 N–H and O–H groups in total. The third-order valence-electron chi connectivity index (χ3n) is 7.21. The molecule has 1 atom stereocenters. The Morgan fingerprint density at radius 1 is 1.13 bits per heavy atom. The first-order valence-corrected chi connectivity index (χ1v) is 11.2. The Kier molecular flexibility index (Phi) is 4.23. The number of nitrogens with zero attached hydrogens (tertiary/aromatic N) is 4. The third kappa shape index (κ3) is 3.23. The standard InChI is InChI=1S/C24H29N5O/c1-30-22-12-21(26-23(27-22)17-6-7-17)29-11-9-24(16-29)8-10-28(15-24)14-18-13-25-20-5-3-2-4-19(18)20/h2-5,12-13,17,25H,6-11,14-16H2,1H3. The Bertz CT molecular complexity index is 1070. The molecule has 2 aliphatic heterocycles. The zero-order valence-electron chi connectivity index (χ0n) is 17.6. The molecule has 4 heterocycles. The summed E-state index contributed by atoms with van der Waals surface area (Å²) >= 11 is 0. The number of fused-ring (bicyclic) bond motifs is 1. The second-order valence-electron chi connectivity index (χ2n) is 9.39. The summed E-state index contributed by atoms with van der Waals surface area (Å²) in [6.07, 6.45) is 7.11. The molecule has 2 saturated heterocycles. The van der Waals surface area contributed by atoms with E-state index < -0.39 is 0 Å². The van der Waals surface area contributed by atoms with Crippen LogP contribution in [0.1, 0.15) is 43.0 Å². The summed E-state index contributed by atoms with van der Waals surface area (Å²) < 4.78 is 5.47. The number of ether oxygens (including phenoxy) is 1. The van der Waals surface area contributed by atoms with Crippen molar-refractivity contribution in [3.8, 4) is 5.88 Å². The second kappa shape index (κ2) is 6.98. The Morgan fingerprint density at radius 3 is 2.87 bits per heavy atom. The number of aromatic nitrogens is 3. The van der Waals surface area contributed by atoms with Crippen LogP contribution in [-0.2, 0) is 6.54 Å². The maximum atomic E-state index is 5.47. The molecule has 1 spiro atoms. The maximum absolute atomic E-state index is 5.47. The van der Waals surface area contributed by atoms with E-state index in [1.807, 2.05) is 6.07 Å². The van der Waals surface area contributed by atoms with Crippen LogP contribution in [-0.4, -0.2) is 53.1 Å². The van der Waals surface area contributed by atoms with Crippen LogP contribution < -0.4 is 9.64 Å². The zero-order valence-corrected chi connectivity index (χ0v) is 17.6. The molecular formula is C24H29N5O. The Balaban J connectivity index is 1.17. The molecule has 3 aliphatic rings. The lowest BCUT2D eigenvalue weighted by Gasteiger charge is -2.25. The monoisotopic (exact) mass is 403 g/mol. The van der Waals surface area contributed by atoms with Gasteiger partial charge in [0.1, 0.15) is 11.6 Å². The van der Waals surface area contributed by atoms with Crippen molar-refractivity contribution in [1.29, 1.82) is 0 Å². The third-order valence-corrected chi connectivity index (χ3v) is 7.21. The minimum atomic E-state index is 0.379. The first-order valence-electron chi connectivity index (χ1n) is 11.2. The van der Waals surface area contributed by atoms with Crippen molar-refractivity contribution in [3.05, 3.63) is 47.9 Å². The van der Waals surface area contributed by atoms with E-state index in [1.165, 1.54) is 55.2 Å². The molecule has 1 unspecified atom stereocenters. The molecule has 3 aromatic rings. The fraction of sp³-hybridized carbons (Fsp3) is 0.500. The van der Waals surface area contributed by atoms with E-state index in [9.17, 15) is 0 Å². The number of hydrogen-bond donors (Lipinski definition) is 1. The highest BCUT2D eigenvalue weighted by molar-refractivity contribution is 5.82. The van der Waals surface area contributed by atoms with Gasteiger partial charge in [-0.3, -0.25) is 4.90 Å². The summed E-state index contributed by atoms with van der Waals surface area (Å²) in [5.74, 6) is 3.26. The number of rotatable bonds is 5. The van der Waals surface area contributed by atoms with Gasteiger partial charge in [-0.05, 0) is 43.9 Å². The van der Waals surface area contributed by atoms with Gasteiger partial charge in [-0.25, -0.2) is 4.98 Å². The molecular weight excluding hydrogens is 374 g/mol. The smallest absolute Gasteiger partial charge is 0.218 e. The van der Waals surface area contributed by atoms with Crippen molar-refractivity contribution in [1.82, 2.24) is 19.9 Å². The van der Waals surface area contributed by atoms with Gasteiger partial charge < -0.3 is 14.6 Å². The highest BCUT2D eigenvalue weighted by Crippen LogP contribution is 2.43. The summed E-state index contributed by atoms with van der Waals surface area (Å²) in [7, 11) is 1.70. The number of benzene rings is 1. The first-order chi connectivity index (χ1) is 14.7. The molecule has 2 aromatic heterocycles. The molecule has 0 radical (unpaired) electrons. The number of H-pyrrole nitrogens is 1. The lowest BCUT2D eigenvalue weighted by molar-refractivity contribution is 0.271. The van der Waals surface area contributed by atoms with E-state index in [0.29, 0.717) is 17.2 Å². The minimum absolute atomic E-state index is 0.379. The Hall–Kier alpha value is -2.60. The molecule has 30 heavy (non-hydrogen) atoms. The number of hydrogen-bond acceptors (Lipinski definition) is 5. The average Bonchev–Trinajstić information content (AvgIpc) is 3.26. The van der Waals surface area contributed by atoms with Gasteiger partial charge in [0.15, 0.2) is 0 Å². The van der Waals surface area contributed by atoms with Crippen LogP contribution in [0.4, 0.5) is 5.82 Å². The van der Waals surface area contributed by atoms with Crippen molar-refractivity contribution < 1.29 is 4.74 Å². The molecule has 6 nitrogen and oxygen atoms in total. The summed E-state index contributed by atoms with van der Waals surface area (Å²) in [5, 5.41) is 1.35. The van der Waals surface area contributed by atoms with Crippen molar-refractivity contribution in [3.63, 3.8) is 0 Å². The number of anilines is 1. The Morgan fingerprint density at radius 2 is 2.00 bits per heavy atom. The predicted molar refractivity (Wildman–Crippen MR) is 118 cm³/mol. The van der Waals surface area contributed by atoms with Crippen LogP contribution in [0.5, 0.6) is 5.88 Å². The predicted octanol–water partition coefficient (Wildman–Crippen LogP) is 3.95. The molecule has 6 heteroatoms. The molecule has 3 fully saturated rings. The molecule has 6 rings (SSSR count). The van der Waals surface area contributed by atoms with Gasteiger partial charge in [-0.2, -0.15) is 4.98 Å². The highest BCUT2D eigenvalue weighted by Gasteiger charge is 2.44. The van der Waals surface area contributed by atoms with Crippen molar-refractivity contribution in [2.24, 2.45) is 5.41 Å². The van der Waals surface area contributed by atoms with Crippen molar-refractivity contribution in [2.45, 2.75) is 38.1 Å². The van der Waals surface area contributed by atoms with Crippen molar-refractivity contribution >= 4 is 16.7 Å². The quantitative estimate of drug-likeness (QED) is 0.699. The van der Waals surface area contributed by atoms with Crippen LogP contribution in [0.25, 0.3) is 10.9 Å². The number of nitrogens with one attached hydrogen (secondary N) is 1. The van der Waals surface area contributed by atoms with E-state index in [-0.39, 0.29) is 0 Å². The first kappa shape index (κ1) is 18.2. The SMILES string of the molecule is COc1cc(N2CCC3(CCN(Cc4c[nH]c5ccccc45)C3)C2)nc(C2CC2)n1. The van der Waals surface area contributed by atoms with E-state index in [0.717, 1.165) is 31.3 Å². The van der Waals surface area contributed by atoms with Gasteiger partial charge in [-0.1, -0.05) is 18.2 Å². The molecule has 1 aromatic carbocycles. The highest BCUT2D eigenvalue weighted by atomic mass is 16.5. The van der Waals surface area contributed by atoms with Crippen LogP contribution in [0.3, 0.4) is 0 Å². The number of aromatic amines is 1. The van der Waals surface area contributed by atoms with Gasteiger partial charge in [0.25, 0.3) is 0 Å². The molecule has 0 bridgehead atoms. The average molecular weight is 404 g/mol. The fourth-order valence-electron chi connectivity index (χ4n) is 5.35. The van der Waals surface area contributed by atoms with Gasteiger partial charge in [0, 0.05) is 60.7 Å². The summed E-state index contributed by atoms with van der Waals surface area (Å²) in [6.45, 7) is 5.53. The molecule has 1 aliphatic carbocycles. The Labute approximate surface area is 177 Å². The number of para-hydroxylation sites is 1. The van der Waals surface area contributed by atoms with E-state index in [1.54, 1.807) is 7.11 Å². The second-order valence-corrected chi connectivity index (χ2v) is 9.39. The van der Waals surface area contributed by atoms with E-state index in [2.05, 4.69) is 50.2 Å². The van der Waals surface area contributed by atoms with Gasteiger partial charge in [0.05, 0.1) is 7.11 Å². The van der Waals surface area contributed by atoms with Crippen LogP contribution in [0.2, 0.25) is 0 Å². The maximum Gasteiger partial charge on any atom is 0.218 e. The zero-order chi connectivity index (χ0) is 20.1. The lowest BCUT2D eigenvalue weighted by Crippen LogP contribution is -2.31. The normalized spacial score (nSPS) is 24.4. The van der Waals surface area contributed by atoms with E-state index in [4.69, 9.17) is 9.72 Å². The molecule has 0 amide bonds. The summed E-state index contributed by atoms with van der Waals surface area (Å²) in [5.41, 5.74) is 3.02. The van der Waals surface area contributed by atoms with Gasteiger partial charge in [0.2, 0.25) is 5.88 Å². The van der Waals surface area contributed by atoms with Gasteiger partial charge in [-0.15, -0.1) is 0 Å². The van der Waals surface area contributed by atoms with Crippen molar-refractivity contribution in [2.75, 3.05) is 38.2 Å². The fourth-order valence-corrected chi connectivity index (χ4v) is 5.35. The number of methoxy groups -OCH3 is 1. The molecule has 1 saturated carbocycles. The topological polar surface area (TPSA) is 57.3 Å². The number of likely N-dealkylation sites (tertiary alicyclic amines) is 1. The van der Waals surface area contributed by atoms with Gasteiger partial charge >= 0.3 is 0 Å². The molecule has 156 valence electrons. The lowest BCUT2D eigenvalue weighted by atomic mass is 9.86. The largest absolute Gasteiger partial charge is 0.481 e. The summed E-state index contributed by atoms with van der Waals surface area (Å²) in [4.78, 5) is 18.0. The van der Waals surface area contributed by atoms with Crippen LogP contribution in [0, 0.1) is 5.41 Å². The van der Waals surface area contributed by atoms with Crippen LogP contribution in [0.15, 0.2) is 36.5 Å². The summed E-state index contributed by atoms with van der Waals surface area (Å²) in [6, 6.07) is 10.6. The minimum Gasteiger partial charge on any atom is -0.481 e. The van der Waals surface area contributed by atoms with E-state index >= 15 is 0 Å².